The Balaban J connectivity index is 2.16. The number of fused-ring (bicyclic) bond motifs is 1. The summed E-state index contributed by atoms with van der Waals surface area (Å²) in [6, 6.07) is 6.03. The monoisotopic (exact) mass is 234 g/mol. The molecule has 1 N–H and O–H groups in total. The van der Waals surface area contributed by atoms with Crippen molar-refractivity contribution in [3.05, 3.63) is 24.4 Å². The average Bonchev–Trinajstić information content (AvgIpc) is 2.70. The summed E-state index contributed by atoms with van der Waals surface area (Å²) in [5, 5.41) is 7.66. The number of aromatic nitrogens is 3. The van der Waals surface area contributed by atoms with E-state index in [0.29, 0.717) is 18.5 Å². The number of ether oxygens (including phenoxy) is 1. The molecule has 2 aromatic heterocycles. The van der Waals surface area contributed by atoms with E-state index in [4.69, 9.17) is 4.74 Å². The Morgan fingerprint density at radius 1 is 1.41 bits per heavy atom. The zero-order chi connectivity index (χ0) is 12.3. The maximum atomic E-state index is 5.19. The maximum absolute atomic E-state index is 5.19. The van der Waals surface area contributed by atoms with Gasteiger partial charge in [0, 0.05) is 13.3 Å². The molecule has 0 amide bonds. The lowest BCUT2D eigenvalue weighted by Crippen LogP contribution is -2.30. The lowest BCUT2D eigenvalue weighted by atomic mass is 10.1. The SMILES string of the molecule is COCC(Nc1nc2ccccn2n1)C(C)C. The first kappa shape index (κ1) is 11.9. The normalized spacial score (nSPS) is 13.2. The molecule has 2 heterocycles. The molecule has 2 aromatic rings. The number of hydrogen-bond donors (Lipinski definition) is 1. The van der Waals surface area contributed by atoms with Gasteiger partial charge in [0.2, 0.25) is 5.95 Å². The third-order valence-corrected chi connectivity index (χ3v) is 2.71. The molecule has 17 heavy (non-hydrogen) atoms. The molecular weight excluding hydrogens is 216 g/mol. The van der Waals surface area contributed by atoms with Gasteiger partial charge in [-0.15, -0.1) is 5.10 Å². The second-order valence-corrected chi connectivity index (χ2v) is 4.39. The Hall–Kier alpha value is -1.62. The van der Waals surface area contributed by atoms with E-state index in [9.17, 15) is 0 Å². The highest BCUT2D eigenvalue weighted by molar-refractivity contribution is 5.43. The fourth-order valence-corrected chi connectivity index (χ4v) is 1.64. The average molecular weight is 234 g/mol. The van der Waals surface area contributed by atoms with Gasteiger partial charge in [-0.1, -0.05) is 19.9 Å². The van der Waals surface area contributed by atoms with Crippen LogP contribution in [0.4, 0.5) is 5.95 Å². The summed E-state index contributed by atoms with van der Waals surface area (Å²) in [5.41, 5.74) is 0.843. The molecule has 5 heteroatoms. The number of nitrogens with one attached hydrogen (secondary N) is 1. The first-order valence-electron chi connectivity index (χ1n) is 5.77. The van der Waals surface area contributed by atoms with Gasteiger partial charge in [-0.2, -0.15) is 4.98 Å². The van der Waals surface area contributed by atoms with E-state index in [1.165, 1.54) is 0 Å². The van der Waals surface area contributed by atoms with Crippen molar-refractivity contribution in [2.45, 2.75) is 19.9 Å². The van der Waals surface area contributed by atoms with Gasteiger partial charge in [0.1, 0.15) is 0 Å². The molecule has 0 aliphatic carbocycles. The van der Waals surface area contributed by atoms with E-state index in [1.807, 2.05) is 24.4 Å². The van der Waals surface area contributed by atoms with Crippen LogP contribution in [0.15, 0.2) is 24.4 Å². The summed E-state index contributed by atoms with van der Waals surface area (Å²) in [6.07, 6.45) is 1.88. The minimum absolute atomic E-state index is 0.220. The maximum Gasteiger partial charge on any atom is 0.243 e. The molecule has 0 aliphatic rings. The molecule has 0 radical (unpaired) electrons. The smallest absolute Gasteiger partial charge is 0.243 e. The van der Waals surface area contributed by atoms with Gasteiger partial charge >= 0.3 is 0 Å². The van der Waals surface area contributed by atoms with Crippen molar-refractivity contribution in [1.29, 1.82) is 0 Å². The van der Waals surface area contributed by atoms with Crippen LogP contribution >= 0.6 is 0 Å². The summed E-state index contributed by atoms with van der Waals surface area (Å²) >= 11 is 0. The zero-order valence-electron chi connectivity index (χ0n) is 10.4. The lowest BCUT2D eigenvalue weighted by molar-refractivity contribution is 0.171. The molecule has 0 spiro atoms. The Labute approximate surface area is 101 Å². The number of anilines is 1. The van der Waals surface area contributed by atoms with E-state index in [-0.39, 0.29) is 6.04 Å². The molecule has 1 atom stereocenters. The van der Waals surface area contributed by atoms with E-state index in [2.05, 4.69) is 29.2 Å². The molecule has 0 fully saturated rings. The molecular formula is C12H18N4O. The molecule has 0 aliphatic heterocycles. The Kier molecular flexibility index (Phi) is 3.58. The second-order valence-electron chi connectivity index (χ2n) is 4.39. The van der Waals surface area contributed by atoms with Gasteiger partial charge in [-0.25, -0.2) is 4.52 Å². The molecule has 0 bridgehead atoms. The zero-order valence-corrected chi connectivity index (χ0v) is 10.4. The highest BCUT2D eigenvalue weighted by Gasteiger charge is 2.15. The minimum atomic E-state index is 0.220. The number of hydrogen-bond acceptors (Lipinski definition) is 4. The number of pyridine rings is 1. The molecule has 1 unspecified atom stereocenters. The van der Waals surface area contributed by atoms with E-state index in [0.717, 1.165) is 5.65 Å². The largest absolute Gasteiger partial charge is 0.383 e. The van der Waals surface area contributed by atoms with Gasteiger partial charge < -0.3 is 10.1 Å². The summed E-state index contributed by atoms with van der Waals surface area (Å²) in [7, 11) is 1.70. The van der Waals surface area contributed by atoms with Crippen molar-refractivity contribution < 1.29 is 4.74 Å². The van der Waals surface area contributed by atoms with Crippen molar-refractivity contribution in [2.24, 2.45) is 5.92 Å². The fraction of sp³-hybridized carbons (Fsp3) is 0.500. The number of nitrogens with zero attached hydrogens (tertiary/aromatic N) is 3. The third-order valence-electron chi connectivity index (χ3n) is 2.71. The van der Waals surface area contributed by atoms with E-state index >= 15 is 0 Å². The van der Waals surface area contributed by atoms with Crippen LogP contribution in [0.25, 0.3) is 5.65 Å². The van der Waals surface area contributed by atoms with Gasteiger partial charge in [0.05, 0.1) is 12.6 Å². The highest BCUT2D eigenvalue weighted by Crippen LogP contribution is 2.10. The van der Waals surface area contributed by atoms with Gasteiger partial charge in [0.25, 0.3) is 0 Å². The van der Waals surface area contributed by atoms with E-state index < -0.39 is 0 Å². The third kappa shape index (κ3) is 2.74. The first-order chi connectivity index (χ1) is 8.20. The Bertz CT molecular complexity index is 447. The molecule has 0 saturated carbocycles. The van der Waals surface area contributed by atoms with Crippen LogP contribution in [0, 0.1) is 5.92 Å². The van der Waals surface area contributed by atoms with Crippen LogP contribution in [0.2, 0.25) is 0 Å². The lowest BCUT2D eigenvalue weighted by Gasteiger charge is -2.20. The molecule has 0 aromatic carbocycles. The van der Waals surface area contributed by atoms with E-state index in [1.54, 1.807) is 11.6 Å². The molecule has 5 nitrogen and oxygen atoms in total. The van der Waals surface area contributed by atoms with Crippen LogP contribution in [0.3, 0.4) is 0 Å². The van der Waals surface area contributed by atoms with Crippen molar-refractivity contribution in [1.82, 2.24) is 14.6 Å². The molecule has 92 valence electrons. The van der Waals surface area contributed by atoms with Crippen LogP contribution in [-0.4, -0.2) is 34.4 Å². The summed E-state index contributed by atoms with van der Waals surface area (Å²) in [6.45, 7) is 4.94. The molecule has 0 saturated heterocycles. The van der Waals surface area contributed by atoms with Gasteiger partial charge in [0.15, 0.2) is 5.65 Å². The van der Waals surface area contributed by atoms with Crippen LogP contribution in [-0.2, 0) is 4.74 Å². The van der Waals surface area contributed by atoms with Crippen molar-refractivity contribution in [3.8, 4) is 0 Å². The van der Waals surface area contributed by atoms with Gasteiger partial charge in [-0.3, -0.25) is 0 Å². The Morgan fingerprint density at radius 2 is 2.24 bits per heavy atom. The predicted octanol–water partition coefficient (Wildman–Crippen LogP) is 1.81. The summed E-state index contributed by atoms with van der Waals surface area (Å²) in [5.74, 6) is 1.11. The van der Waals surface area contributed by atoms with Gasteiger partial charge in [-0.05, 0) is 18.1 Å². The first-order valence-corrected chi connectivity index (χ1v) is 5.77. The predicted molar refractivity (Wildman–Crippen MR) is 67.1 cm³/mol. The fourth-order valence-electron chi connectivity index (χ4n) is 1.64. The summed E-state index contributed by atoms with van der Waals surface area (Å²) in [4.78, 5) is 4.40. The van der Waals surface area contributed by atoms with Crippen molar-refractivity contribution in [2.75, 3.05) is 19.0 Å². The highest BCUT2D eigenvalue weighted by atomic mass is 16.5. The van der Waals surface area contributed by atoms with Crippen LogP contribution in [0.5, 0.6) is 0 Å². The van der Waals surface area contributed by atoms with Crippen LogP contribution in [0.1, 0.15) is 13.8 Å². The number of methoxy groups -OCH3 is 1. The second kappa shape index (κ2) is 5.14. The van der Waals surface area contributed by atoms with Crippen LogP contribution < -0.4 is 5.32 Å². The number of rotatable bonds is 5. The van der Waals surface area contributed by atoms with Crippen molar-refractivity contribution in [3.63, 3.8) is 0 Å². The molecule has 2 rings (SSSR count). The standard InChI is InChI=1S/C12H18N4O/c1-9(2)10(8-17-3)13-12-14-11-6-4-5-7-16(11)15-12/h4-7,9-10H,8H2,1-3H3,(H,13,15). The summed E-state index contributed by atoms with van der Waals surface area (Å²) < 4.78 is 6.94. The topological polar surface area (TPSA) is 51.5 Å². The Morgan fingerprint density at radius 3 is 2.88 bits per heavy atom. The quantitative estimate of drug-likeness (QED) is 0.857. The van der Waals surface area contributed by atoms with Crippen molar-refractivity contribution >= 4 is 11.6 Å². The minimum Gasteiger partial charge on any atom is -0.383 e.